The van der Waals surface area contributed by atoms with E-state index in [-0.39, 0.29) is 5.41 Å². The number of hydrogen-bond donors (Lipinski definition) is 1. The highest BCUT2D eigenvalue weighted by Gasteiger charge is 2.48. The summed E-state index contributed by atoms with van der Waals surface area (Å²) in [7, 11) is 0. The van der Waals surface area contributed by atoms with Crippen molar-refractivity contribution in [3.05, 3.63) is 29.3 Å². The van der Waals surface area contributed by atoms with E-state index in [4.69, 9.17) is 10.3 Å². The highest BCUT2D eigenvalue weighted by atomic mass is 16.5. The van der Waals surface area contributed by atoms with Gasteiger partial charge in [-0.2, -0.15) is 4.98 Å². The molecule has 0 aliphatic heterocycles. The molecule has 0 bridgehead atoms. The van der Waals surface area contributed by atoms with Gasteiger partial charge < -0.3 is 10.3 Å². The van der Waals surface area contributed by atoms with Crippen LogP contribution in [-0.4, -0.2) is 21.7 Å². The second kappa shape index (κ2) is 3.88. The standard InChI is InChI=1S/C13H16N4O/c1-8-5-9(2)10(15-6-8)11-16-12(18-17-11)13(7-14)3-4-13/h5-6H,3-4,7,14H2,1-2H3. The number of aromatic nitrogens is 3. The summed E-state index contributed by atoms with van der Waals surface area (Å²) >= 11 is 0. The van der Waals surface area contributed by atoms with E-state index < -0.39 is 0 Å². The van der Waals surface area contributed by atoms with Gasteiger partial charge in [-0.25, -0.2) is 0 Å². The molecule has 5 nitrogen and oxygen atoms in total. The molecule has 2 N–H and O–H groups in total. The maximum atomic E-state index is 5.76. The highest BCUT2D eigenvalue weighted by molar-refractivity contribution is 5.54. The molecule has 1 saturated carbocycles. The summed E-state index contributed by atoms with van der Waals surface area (Å²) in [5, 5.41) is 4.03. The number of aryl methyl sites for hydroxylation is 2. The molecule has 2 heterocycles. The van der Waals surface area contributed by atoms with E-state index in [9.17, 15) is 0 Å². The molecule has 0 radical (unpaired) electrons. The Labute approximate surface area is 105 Å². The highest BCUT2D eigenvalue weighted by Crippen LogP contribution is 2.46. The Balaban J connectivity index is 1.98. The molecular formula is C13H16N4O. The zero-order chi connectivity index (χ0) is 12.8. The SMILES string of the molecule is Cc1cnc(-c2noc(C3(CN)CC3)n2)c(C)c1. The van der Waals surface area contributed by atoms with E-state index in [0.717, 1.165) is 29.7 Å². The van der Waals surface area contributed by atoms with Crippen LogP contribution in [0, 0.1) is 13.8 Å². The average molecular weight is 244 g/mol. The minimum Gasteiger partial charge on any atom is -0.338 e. The first-order valence-electron chi connectivity index (χ1n) is 6.12. The van der Waals surface area contributed by atoms with E-state index in [0.29, 0.717) is 18.3 Å². The summed E-state index contributed by atoms with van der Waals surface area (Å²) in [4.78, 5) is 8.83. The quantitative estimate of drug-likeness (QED) is 0.889. The average Bonchev–Trinajstić information content (AvgIpc) is 3.00. The lowest BCUT2D eigenvalue weighted by molar-refractivity contribution is 0.347. The van der Waals surface area contributed by atoms with Gasteiger partial charge in [-0.3, -0.25) is 4.98 Å². The maximum Gasteiger partial charge on any atom is 0.234 e. The minimum atomic E-state index is -0.0656. The topological polar surface area (TPSA) is 77.8 Å². The first kappa shape index (κ1) is 11.3. The van der Waals surface area contributed by atoms with Crippen molar-refractivity contribution in [3.8, 4) is 11.5 Å². The van der Waals surface area contributed by atoms with Crippen LogP contribution in [0.4, 0.5) is 0 Å². The summed E-state index contributed by atoms with van der Waals surface area (Å²) in [5.74, 6) is 1.21. The fourth-order valence-electron chi connectivity index (χ4n) is 2.14. The van der Waals surface area contributed by atoms with Gasteiger partial charge in [0.25, 0.3) is 0 Å². The van der Waals surface area contributed by atoms with Crippen molar-refractivity contribution in [1.82, 2.24) is 15.1 Å². The molecule has 1 aliphatic rings. The lowest BCUT2D eigenvalue weighted by atomic mass is 10.1. The van der Waals surface area contributed by atoms with Crippen LogP contribution in [0.2, 0.25) is 0 Å². The van der Waals surface area contributed by atoms with Crippen molar-refractivity contribution in [3.63, 3.8) is 0 Å². The van der Waals surface area contributed by atoms with Crippen LogP contribution in [0.1, 0.15) is 29.9 Å². The van der Waals surface area contributed by atoms with Crippen LogP contribution in [0.5, 0.6) is 0 Å². The zero-order valence-corrected chi connectivity index (χ0v) is 10.6. The molecule has 0 amide bonds. The van der Waals surface area contributed by atoms with Crippen molar-refractivity contribution in [2.75, 3.05) is 6.54 Å². The van der Waals surface area contributed by atoms with Gasteiger partial charge in [-0.15, -0.1) is 0 Å². The van der Waals surface area contributed by atoms with Gasteiger partial charge in [-0.1, -0.05) is 11.2 Å². The molecule has 1 aliphatic carbocycles. The second-order valence-corrected chi connectivity index (χ2v) is 5.09. The Morgan fingerprint density at radius 1 is 1.39 bits per heavy atom. The monoisotopic (exact) mass is 244 g/mol. The predicted molar refractivity (Wildman–Crippen MR) is 67.0 cm³/mol. The van der Waals surface area contributed by atoms with Crippen LogP contribution in [-0.2, 0) is 5.41 Å². The first-order valence-corrected chi connectivity index (χ1v) is 6.12. The van der Waals surface area contributed by atoms with Gasteiger partial charge in [0.15, 0.2) is 0 Å². The first-order chi connectivity index (χ1) is 8.64. The second-order valence-electron chi connectivity index (χ2n) is 5.09. The van der Waals surface area contributed by atoms with Gasteiger partial charge >= 0.3 is 0 Å². The largest absolute Gasteiger partial charge is 0.338 e. The Morgan fingerprint density at radius 3 is 2.78 bits per heavy atom. The Bertz CT molecular complexity index is 586. The number of nitrogens with zero attached hydrogens (tertiary/aromatic N) is 3. The van der Waals surface area contributed by atoms with Crippen molar-refractivity contribution in [2.24, 2.45) is 5.73 Å². The molecule has 0 aromatic carbocycles. The maximum absolute atomic E-state index is 5.76. The zero-order valence-electron chi connectivity index (χ0n) is 10.6. The van der Waals surface area contributed by atoms with E-state index in [1.807, 2.05) is 20.0 Å². The number of nitrogens with two attached hydrogens (primary N) is 1. The van der Waals surface area contributed by atoms with Gasteiger partial charge in [0.2, 0.25) is 11.7 Å². The molecule has 0 unspecified atom stereocenters. The summed E-state index contributed by atoms with van der Waals surface area (Å²) in [6.07, 6.45) is 3.88. The van der Waals surface area contributed by atoms with E-state index in [1.165, 1.54) is 0 Å². The molecule has 3 rings (SSSR count). The smallest absolute Gasteiger partial charge is 0.234 e. The molecule has 0 atom stereocenters. The van der Waals surface area contributed by atoms with E-state index >= 15 is 0 Å². The van der Waals surface area contributed by atoms with Crippen LogP contribution < -0.4 is 5.73 Å². The molecule has 1 fully saturated rings. The molecule has 5 heteroatoms. The van der Waals surface area contributed by atoms with Crippen LogP contribution in [0.25, 0.3) is 11.5 Å². The molecule has 0 saturated heterocycles. The molecule has 94 valence electrons. The van der Waals surface area contributed by atoms with Crippen LogP contribution >= 0.6 is 0 Å². The summed E-state index contributed by atoms with van der Waals surface area (Å²) < 4.78 is 5.34. The normalized spacial score (nSPS) is 16.8. The third kappa shape index (κ3) is 1.71. The Morgan fingerprint density at radius 2 is 2.17 bits per heavy atom. The van der Waals surface area contributed by atoms with Crippen molar-refractivity contribution in [1.29, 1.82) is 0 Å². The van der Waals surface area contributed by atoms with Crippen molar-refractivity contribution in [2.45, 2.75) is 32.1 Å². The van der Waals surface area contributed by atoms with E-state index in [2.05, 4.69) is 21.2 Å². The molecule has 2 aromatic heterocycles. The molecule has 18 heavy (non-hydrogen) atoms. The lowest BCUT2D eigenvalue weighted by Crippen LogP contribution is -2.19. The van der Waals surface area contributed by atoms with Gasteiger partial charge in [0, 0.05) is 12.7 Å². The van der Waals surface area contributed by atoms with Gasteiger partial charge in [0.05, 0.1) is 5.41 Å². The van der Waals surface area contributed by atoms with Gasteiger partial charge in [-0.05, 0) is 37.8 Å². The molecular weight excluding hydrogens is 228 g/mol. The van der Waals surface area contributed by atoms with E-state index in [1.54, 1.807) is 0 Å². The van der Waals surface area contributed by atoms with Crippen molar-refractivity contribution >= 4 is 0 Å². The number of rotatable bonds is 3. The summed E-state index contributed by atoms with van der Waals surface area (Å²) in [6, 6.07) is 2.06. The predicted octanol–water partition coefficient (Wildman–Crippen LogP) is 1.74. The summed E-state index contributed by atoms with van der Waals surface area (Å²) in [6.45, 7) is 4.58. The van der Waals surface area contributed by atoms with Crippen molar-refractivity contribution < 1.29 is 4.52 Å². The van der Waals surface area contributed by atoms with Crippen LogP contribution in [0.15, 0.2) is 16.8 Å². The fraction of sp³-hybridized carbons (Fsp3) is 0.462. The third-order valence-corrected chi connectivity index (χ3v) is 3.55. The molecule has 0 spiro atoms. The number of hydrogen-bond acceptors (Lipinski definition) is 5. The fourth-order valence-corrected chi connectivity index (χ4v) is 2.14. The number of pyridine rings is 1. The Kier molecular flexibility index (Phi) is 2.45. The lowest BCUT2D eigenvalue weighted by Gasteiger charge is -2.03. The van der Waals surface area contributed by atoms with Gasteiger partial charge in [0.1, 0.15) is 5.69 Å². The third-order valence-electron chi connectivity index (χ3n) is 3.55. The van der Waals surface area contributed by atoms with Crippen LogP contribution in [0.3, 0.4) is 0 Å². The molecule has 2 aromatic rings. The summed E-state index contributed by atoms with van der Waals surface area (Å²) in [5.41, 5.74) is 8.65. The minimum absolute atomic E-state index is 0.0656. The Hall–Kier alpha value is -1.75.